The highest BCUT2D eigenvalue weighted by Gasteiger charge is 2.14. The van der Waals surface area contributed by atoms with Crippen molar-refractivity contribution in [1.82, 2.24) is 4.98 Å². The Balaban J connectivity index is 1.80. The molecule has 3 N–H and O–H groups in total. The molecule has 0 spiro atoms. The number of nitrogens with zero attached hydrogens (tertiary/aromatic N) is 1. The van der Waals surface area contributed by atoms with Gasteiger partial charge in [-0.25, -0.2) is 4.98 Å². The lowest BCUT2D eigenvalue weighted by Crippen LogP contribution is -2.16. The first-order valence-corrected chi connectivity index (χ1v) is 7.90. The molecule has 1 amide bonds. The molecule has 1 aromatic heterocycles. The molecule has 126 valence electrons. The summed E-state index contributed by atoms with van der Waals surface area (Å²) in [6.45, 7) is 3.81. The molecule has 2 aromatic carbocycles. The maximum absolute atomic E-state index is 12.5. The average Bonchev–Trinajstić information content (AvgIpc) is 2.57. The highest BCUT2D eigenvalue weighted by atomic mass is 16.5. The van der Waals surface area contributed by atoms with Crippen LogP contribution in [0.2, 0.25) is 0 Å². The highest BCUT2D eigenvalue weighted by Crippen LogP contribution is 2.27. The third kappa shape index (κ3) is 3.77. The smallest absolute Gasteiger partial charge is 0.259 e. The lowest BCUT2D eigenvalue weighted by atomic mass is 10.1. The van der Waals surface area contributed by atoms with Gasteiger partial charge in [-0.1, -0.05) is 24.3 Å². The van der Waals surface area contributed by atoms with E-state index >= 15 is 0 Å². The van der Waals surface area contributed by atoms with E-state index in [0.29, 0.717) is 17.0 Å². The number of nitrogens with one attached hydrogen (secondary N) is 1. The van der Waals surface area contributed by atoms with Crippen LogP contribution in [0.4, 0.5) is 11.5 Å². The number of aryl methyl sites for hydroxylation is 2. The number of hydrogen-bond donors (Lipinski definition) is 2. The normalized spacial score (nSPS) is 10.3. The molecular weight excluding hydrogens is 314 g/mol. The molecule has 3 aromatic rings. The number of nitrogen functional groups attached to an aromatic ring is 1. The molecule has 0 aliphatic carbocycles. The van der Waals surface area contributed by atoms with Crippen LogP contribution < -0.4 is 15.8 Å². The second kappa shape index (κ2) is 7.05. The summed E-state index contributed by atoms with van der Waals surface area (Å²) in [6, 6.07) is 16.7. The Morgan fingerprint density at radius 1 is 1.04 bits per heavy atom. The van der Waals surface area contributed by atoms with Gasteiger partial charge in [0.05, 0.1) is 5.56 Å². The van der Waals surface area contributed by atoms with E-state index in [1.165, 1.54) is 0 Å². The third-order valence-electron chi connectivity index (χ3n) is 3.83. The molecular formula is C20H19N3O2. The zero-order valence-electron chi connectivity index (χ0n) is 14.1. The number of rotatable bonds is 4. The van der Waals surface area contributed by atoms with Gasteiger partial charge in [-0.15, -0.1) is 0 Å². The van der Waals surface area contributed by atoms with Crippen LogP contribution in [0.25, 0.3) is 0 Å². The van der Waals surface area contributed by atoms with Gasteiger partial charge < -0.3 is 15.8 Å². The fourth-order valence-corrected chi connectivity index (χ4v) is 2.50. The molecule has 0 saturated heterocycles. The fraction of sp³-hybridized carbons (Fsp3) is 0.100. The first kappa shape index (κ1) is 16.5. The SMILES string of the molecule is Cc1ccccc1Oc1cccc(NC(=O)c2c(C)ccnc2N)c1. The third-order valence-corrected chi connectivity index (χ3v) is 3.83. The first-order valence-electron chi connectivity index (χ1n) is 7.90. The van der Waals surface area contributed by atoms with E-state index in [0.717, 1.165) is 16.9 Å². The number of carbonyl (C=O) groups is 1. The molecule has 5 heteroatoms. The number of carbonyl (C=O) groups excluding carboxylic acids is 1. The average molecular weight is 333 g/mol. The van der Waals surface area contributed by atoms with Crippen molar-refractivity contribution in [3.8, 4) is 11.5 Å². The van der Waals surface area contributed by atoms with Gasteiger partial charge in [0.2, 0.25) is 0 Å². The Hall–Kier alpha value is -3.34. The monoisotopic (exact) mass is 333 g/mol. The minimum atomic E-state index is -0.295. The summed E-state index contributed by atoms with van der Waals surface area (Å²) < 4.78 is 5.90. The van der Waals surface area contributed by atoms with E-state index in [-0.39, 0.29) is 11.7 Å². The van der Waals surface area contributed by atoms with Gasteiger partial charge in [0.15, 0.2) is 0 Å². The molecule has 0 fully saturated rings. The molecule has 0 radical (unpaired) electrons. The number of hydrogen-bond acceptors (Lipinski definition) is 4. The Morgan fingerprint density at radius 3 is 2.60 bits per heavy atom. The van der Waals surface area contributed by atoms with Crippen molar-refractivity contribution in [1.29, 1.82) is 0 Å². The molecule has 25 heavy (non-hydrogen) atoms. The number of nitrogens with two attached hydrogens (primary N) is 1. The van der Waals surface area contributed by atoms with E-state index in [9.17, 15) is 4.79 Å². The van der Waals surface area contributed by atoms with Gasteiger partial charge in [0.1, 0.15) is 17.3 Å². The predicted molar refractivity (Wildman–Crippen MR) is 99.0 cm³/mol. The van der Waals surface area contributed by atoms with Gasteiger partial charge in [-0.2, -0.15) is 0 Å². The van der Waals surface area contributed by atoms with E-state index in [1.807, 2.05) is 50.2 Å². The van der Waals surface area contributed by atoms with E-state index < -0.39 is 0 Å². The molecule has 3 rings (SSSR count). The lowest BCUT2D eigenvalue weighted by Gasteiger charge is -2.12. The summed E-state index contributed by atoms with van der Waals surface area (Å²) >= 11 is 0. The van der Waals surface area contributed by atoms with Crippen LogP contribution in [0, 0.1) is 13.8 Å². The van der Waals surface area contributed by atoms with Crippen LogP contribution in [-0.2, 0) is 0 Å². The number of pyridine rings is 1. The van der Waals surface area contributed by atoms with E-state index in [4.69, 9.17) is 10.5 Å². The summed E-state index contributed by atoms with van der Waals surface area (Å²) in [7, 11) is 0. The highest BCUT2D eigenvalue weighted by molar-refractivity contribution is 6.08. The summed E-state index contributed by atoms with van der Waals surface area (Å²) in [5.74, 6) is 1.34. The number of amides is 1. The zero-order valence-corrected chi connectivity index (χ0v) is 14.1. The van der Waals surface area contributed by atoms with Crippen LogP contribution in [-0.4, -0.2) is 10.9 Å². The minimum absolute atomic E-state index is 0.213. The molecule has 0 atom stereocenters. The van der Waals surface area contributed by atoms with Crippen LogP contribution in [0.3, 0.4) is 0 Å². The molecule has 0 aliphatic rings. The van der Waals surface area contributed by atoms with Crippen LogP contribution in [0.1, 0.15) is 21.5 Å². The van der Waals surface area contributed by atoms with E-state index in [1.54, 1.807) is 24.4 Å². The molecule has 1 heterocycles. The minimum Gasteiger partial charge on any atom is -0.457 e. The molecule has 0 bridgehead atoms. The number of ether oxygens (including phenoxy) is 1. The predicted octanol–water partition coefficient (Wildman–Crippen LogP) is 4.33. The first-order chi connectivity index (χ1) is 12.0. The van der Waals surface area contributed by atoms with Crippen molar-refractivity contribution in [2.45, 2.75) is 13.8 Å². The van der Waals surface area contributed by atoms with Gasteiger partial charge in [-0.3, -0.25) is 4.79 Å². The lowest BCUT2D eigenvalue weighted by molar-refractivity contribution is 0.102. The largest absolute Gasteiger partial charge is 0.457 e. The molecule has 0 unspecified atom stereocenters. The zero-order chi connectivity index (χ0) is 17.8. The van der Waals surface area contributed by atoms with Crippen molar-refractivity contribution in [3.05, 3.63) is 77.5 Å². The Bertz CT molecular complexity index is 902. The Morgan fingerprint density at radius 2 is 1.84 bits per heavy atom. The second-order valence-corrected chi connectivity index (χ2v) is 5.74. The maximum Gasteiger partial charge on any atom is 0.259 e. The molecule has 0 aliphatic heterocycles. The standard InChI is InChI=1S/C20H19N3O2/c1-13-6-3-4-9-17(13)25-16-8-5-7-15(12-16)23-20(24)18-14(2)10-11-22-19(18)21/h3-12H,1-2H3,(H2,21,22)(H,23,24). The van der Waals surface area contributed by atoms with Gasteiger partial charge in [-0.05, 0) is 49.2 Å². The maximum atomic E-state index is 12.5. The van der Waals surface area contributed by atoms with Crippen molar-refractivity contribution in [2.75, 3.05) is 11.1 Å². The molecule has 0 saturated carbocycles. The quantitative estimate of drug-likeness (QED) is 0.745. The van der Waals surface area contributed by atoms with E-state index in [2.05, 4.69) is 10.3 Å². The van der Waals surface area contributed by atoms with Crippen molar-refractivity contribution < 1.29 is 9.53 Å². The van der Waals surface area contributed by atoms with Gasteiger partial charge in [0.25, 0.3) is 5.91 Å². The summed E-state index contributed by atoms with van der Waals surface area (Å²) in [6.07, 6.45) is 1.58. The number of anilines is 2. The summed E-state index contributed by atoms with van der Waals surface area (Å²) in [4.78, 5) is 16.5. The topological polar surface area (TPSA) is 77.2 Å². The fourth-order valence-electron chi connectivity index (χ4n) is 2.50. The van der Waals surface area contributed by atoms with Crippen LogP contribution >= 0.6 is 0 Å². The summed E-state index contributed by atoms with van der Waals surface area (Å²) in [5.41, 5.74) is 8.65. The number of benzene rings is 2. The van der Waals surface area contributed by atoms with Crippen molar-refractivity contribution in [3.63, 3.8) is 0 Å². The van der Waals surface area contributed by atoms with Gasteiger partial charge >= 0.3 is 0 Å². The Kier molecular flexibility index (Phi) is 4.66. The number of para-hydroxylation sites is 1. The summed E-state index contributed by atoms with van der Waals surface area (Å²) in [5, 5.41) is 2.84. The Labute approximate surface area is 146 Å². The van der Waals surface area contributed by atoms with Crippen molar-refractivity contribution >= 4 is 17.4 Å². The van der Waals surface area contributed by atoms with Crippen LogP contribution in [0.5, 0.6) is 11.5 Å². The molecule has 5 nitrogen and oxygen atoms in total. The van der Waals surface area contributed by atoms with Gasteiger partial charge in [0, 0.05) is 18.0 Å². The van der Waals surface area contributed by atoms with Crippen molar-refractivity contribution in [2.24, 2.45) is 0 Å². The number of aromatic nitrogens is 1. The van der Waals surface area contributed by atoms with Crippen LogP contribution in [0.15, 0.2) is 60.8 Å². The second-order valence-electron chi connectivity index (χ2n) is 5.74.